The molecule has 0 aromatic heterocycles. The van der Waals surface area contributed by atoms with Gasteiger partial charge in [-0.2, -0.15) is 26.3 Å². The molecule has 1 fully saturated rings. The second-order valence-electron chi connectivity index (χ2n) is 6.06. The van der Waals surface area contributed by atoms with Crippen LogP contribution in [0.25, 0.3) is 0 Å². The highest BCUT2D eigenvalue weighted by Gasteiger charge is 2.40. The van der Waals surface area contributed by atoms with E-state index in [0.29, 0.717) is 12.1 Å². The average Bonchev–Trinajstić information content (AvgIpc) is 2.91. The first-order chi connectivity index (χ1) is 11.8. The Morgan fingerprint density at radius 2 is 1.73 bits per heavy atom. The lowest BCUT2D eigenvalue weighted by atomic mass is 10.0. The van der Waals surface area contributed by atoms with E-state index in [0.717, 1.165) is 12.1 Å². The molecule has 1 heterocycles. The van der Waals surface area contributed by atoms with Gasteiger partial charge in [0, 0.05) is 6.61 Å². The van der Waals surface area contributed by atoms with E-state index < -0.39 is 51.8 Å². The van der Waals surface area contributed by atoms with Crippen molar-refractivity contribution < 1.29 is 39.5 Å². The maximum Gasteiger partial charge on any atom is 0.416 e. The van der Waals surface area contributed by atoms with Crippen LogP contribution in [0.15, 0.2) is 24.3 Å². The molecule has 1 N–H and O–H groups in total. The molecule has 2 rings (SSSR count). The van der Waals surface area contributed by atoms with Crippen molar-refractivity contribution in [3.63, 3.8) is 0 Å². The van der Waals surface area contributed by atoms with Crippen LogP contribution in [0.1, 0.15) is 36.9 Å². The number of sulfonamides is 1. The molecule has 0 spiro atoms. The number of hydrogen-bond acceptors (Lipinski definition) is 3. The molecule has 1 aliphatic rings. The Morgan fingerprint density at radius 1 is 1.15 bits per heavy atom. The fraction of sp³-hybridized carbons (Fsp3) is 0.600. The lowest BCUT2D eigenvalue weighted by molar-refractivity contribution is -0.140. The van der Waals surface area contributed by atoms with E-state index in [1.165, 1.54) is 6.92 Å². The predicted molar refractivity (Wildman–Crippen MR) is 80.7 cm³/mol. The van der Waals surface area contributed by atoms with Crippen molar-refractivity contribution in [3.05, 3.63) is 35.4 Å². The minimum atomic E-state index is -4.71. The largest absolute Gasteiger partial charge is 0.416 e. The molecule has 4 nitrogen and oxygen atoms in total. The molecule has 1 aromatic carbocycles. The molecule has 0 bridgehead atoms. The Hall–Kier alpha value is -1.33. The fourth-order valence-electron chi connectivity index (χ4n) is 2.77. The van der Waals surface area contributed by atoms with Crippen molar-refractivity contribution in [3.8, 4) is 0 Å². The monoisotopic (exact) mass is 405 g/mol. The number of alkyl halides is 6. The van der Waals surface area contributed by atoms with Gasteiger partial charge in [-0.1, -0.05) is 12.1 Å². The summed E-state index contributed by atoms with van der Waals surface area (Å²) in [4.78, 5) is 0. The second kappa shape index (κ2) is 7.35. The zero-order valence-corrected chi connectivity index (χ0v) is 14.4. The highest BCUT2D eigenvalue weighted by atomic mass is 32.2. The number of halogens is 6. The highest BCUT2D eigenvalue weighted by molar-refractivity contribution is 7.90. The molecule has 1 saturated heterocycles. The van der Waals surface area contributed by atoms with Crippen molar-refractivity contribution in [2.24, 2.45) is 0 Å². The summed E-state index contributed by atoms with van der Waals surface area (Å²) in [7, 11) is -4.16. The number of ether oxygens (including phenoxy) is 1. The van der Waals surface area contributed by atoms with Gasteiger partial charge < -0.3 is 4.74 Å². The first kappa shape index (κ1) is 21.0. The van der Waals surface area contributed by atoms with Gasteiger partial charge in [-0.15, -0.1) is 0 Å². The van der Waals surface area contributed by atoms with Gasteiger partial charge in [0.2, 0.25) is 10.0 Å². The third-order valence-corrected chi connectivity index (χ3v) is 6.12. The molecule has 3 unspecified atom stereocenters. The minimum Gasteiger partial charge on any atom is -0.377 e. The summed E-state index contributed by atoms with van der Waals surface area (Å²) in [6, 6.07) is 1.20. The van der Waals surface area contributed by atoms with Gasteiger partial charge in [-0.3, -0.25) is 0 Å². The summed E-state index contributed by atoms with van der Waals surface area (Å²) in [5.74, 6) is 0. The standard InChI is InChI=1S/C15H17F6NO3S/c1-9-13(6-7-25-9)26(23,24)22-12(8-14(16,17)18)10-2-4-11(5-3-10)15(19,20)21/h2-5,9,12-13,22H,6-8H2,1H3. The Bertz CT molecular complexity index is 714. The number of benzene rings is 1. The first-order valence-electron chi connectivity index (χ1n) is 7.66. The van der Waals surface area contributed by atoms with E-state index in [-0.39, 0.29) is 18.6 Å². The van der Waals surface area contributed by atoms with Gasteiger partial charge >= 0.3 is 12.4 Å². The Balaban J connectivity index is 2.29. The van der Waals surface area contributed by atoms with Gasteiger partial charge in [0.1, 0.15) is 5.25 Å². The molecule has 0 aliphatic carbocycles. The SMILES string of the molecule is CC1OCCC1S(=O)(=O)NC(CC(F)(F)F)c1ccc(C(F)(F)F)cc1. The molecule has 0 saturated carbocycles. The third kappa shape index (κ3) is 5.34. The van der Waals surface area contributed by atoms with E-state index in [1.807, 2.05) is 4.72 Å². The lowest BCUT2D eigenvalue weighted by Gasteiger charge is -2.24. The summed E-state index contributed by atoms with van der Waals surface area (Å²) in [5.41, 5.74) is -1.24. The maximum atomic E-state index is 12.8. The minimum absolute atomic E-state index is 0.127. The van der Waals surface area contributed by atoms with E-state index >= 15 is 0 Å². The van der Waals surface area contributed by atoms with Crippen LogP contribution >= 0.6 is 0 Å². The van der Waals surface area contributed by atoms with Crippen LogP contribution in [-0.2, 0) is 20.9 Å². The van der Waals surface area contributed by atoms with Crippen LogP contribution in [0, 0.1) is 0 Å². The van der Waals surface area contributed by atoms with Crippen molar-refractivity contribution in [1.29, 1.82) is 0 Å². The first-order valence-corrected chi connectivity index (χ1v) is 9.21. The molecule has 3 atom stereocenters. The van der Waals surface area contributed by atoms with Crippen LogP contribution in [-0.4, -0.2) is 32.6 Å². The van der Waals surface area contributed by atoms with Crippen molar-refractivity contribution in [2.75, 3.05) is 6.61 Å². The van der Waals surface area contributed by atoms with Crippen molar-refractivity contribution in [1.82, 2.24) is 4.72 Å². The molecule has 11 heteroatoms. The van der Waals surface area contributed by atoms with Crippen LogP contribution in [0.2, 0.25) is 0 Å². The van der Waals surface area contributed by atoms with Crippen molar-refractivity contribution in [2.45, 2.75) is 49.5 Å². The molecule has 148 valence electrons. The normalized spacial score (nSPS) is 23.2. The van der Waals surface area contributed by atoms with Crippen LogP contribution in [0.3, 0.4) is 0 Å². The smallest absolute Gasteiger partial charge is 0.377 e. The average molecular weight is 405 g/mol. The number of hydrogen-bond donors (Lipinski definition) is 1. The predicted octanol–water partition coefficient (Wildman–Crippen LogP) is 3.80. The number of nitrogens with one attached hydrogen (secondary N) is 1. The van der Waals surface area contributed by atoms with Crippen LogP contribution in [0.4, 0.5) is 26.3 Å². The summed E-state index contributed by atoms with van der Waals surface area (Å²) in [6.07, 6.45) is -11.5. The summed E-state index contributed by atoms with van der Waals surface area (Å²) in [6.45, 7) is 1.66. The molecule has 1 aromatic rings. The quantitative estimate of drug-likeness (QED) is 0.759. The zero-order chi connectivity index (χ0) is 19.8. The number of rotatable bonds is 5. The summed E-state index contributed by atoms with van der Waals surface area (Å²) < 4.78 is 108. The third-order valence-electron chi connectivity index (χ3n) is 4.09. The topological polar surface area (TPSA) is 55.4 Å². The van der Waals surface area contributed by atoms with E-state index in [1.54, 1.807) is 0 Å². The van der Waals surface area contributed by atoms with E-state index in [2.05, 4.69) is 0 Å². The van der Waals surface area contributed by atoms with E-state index in [4.69, 9.17) is 4.74 Å². The Morgan fingerprint density at radius 3 is 2.15 bits per heavy atom. The van der Waals surface area contributed by atoms with Gasteiger partial charge in [0.25, 0.3) is 0 Å². The maximum absolute atomic E-state index is 12.8. The van der Waals surface area contributed by atoms with Crippen molar-refractivity contribution >= 4 is 10.0 Å². The van der Waals surface area contributed by atoms with Crippen LogP contribution < -0.4 is 4.72 Å². The summed E-state index contributed by atoms with van der Waals surface area (Å²) >= 11 is 0. The van der Waals surface area contributed by atoms with Crippen LogP contribution in [0.5, 0.6) is 0 Å². The highest BCUT2D eigenvalue weighted by Crippen LogP contribution is 2.34. The lowest BCUT2D eigenvalue weighted by Crippen LogP contribution is -2.41. The van der Waals surface area contributed by atoms with E-state index in [9.17, 15) is 34.8 Å². The summed E-state index contributed by atoms with van der Waals surface area (Å²) in [5, 5.41) is -1.02. The Labute approximate surface area is 146 Å². The molecular weight excluding hydrogens is 388 g/mol. The molecule has 0 amide bonds. The van der Waals surface area contributed by atoms with Gasteiger partial charge in [0.05, 0.1) is 24.1 Å². The van der Waals surface area contributed by atoms with Gasteiger partial charge in [0.15, 0.2) is 0 Å². The second-order valence-corrected chi connectivity index (χ2v) is 7.99. The Kier molecular flexibility index (Phi) is 5.93. The fourth-order valence-corrected chi connectivity index (χ4v) is 4.55. The zero-order valence-electron chi connectivity index (χ0n) is 13.6. The molecule has 1 aliphatic heterocycles. The van der Waals surface area contributed by atoms with Gasteiger partial charge in [-0.05, 0) is 31.0 Å². The van der Waals surface area contributed by atoms with Gasteiger partial charge in [-0.25, -0.2) is 13.1 Å². The molecule has 26 heavy (non-hydrogen) atoms. The molecular formula is C15H17F6NO3S. The molecule has 0 radical (unpaired) electrons.